The molecule has 1 aliphatic rings. The lowest BCUT2D eigenvalue weighted by atomic mass is 10.2. The normalized spacial score (nSPS) is 15.3. The number of carbonyl (C=O) groups excluding carboxylic acids is 1. The lowest BCUT2D eigenvalue weighted by Gasteiger charge is -2.26. The number of ether oxygens (including phenoxy) is 2. The number of benzene rings is 2. The molecule has 2 aromatic carbocycles. The minimum Gasteiger partial charge on any atom is -0.507 e. The molecule has 0 saturated carbocycles. The number of esters is 1. The number of nitrogens with zero attached hydrogens (tertiary/aromatic N) is 3. The summed E-state index contributed by atoms with van der Waals surface area (Å²) in [5, 5.41) is 9.82. The number of phenols is 1. The second-order valence-corrected chi connectivity index (χ2v) is 8.97. The fraction of sp³-hybridized carbons (Fsp3) is 0.333. The van der Waals surface area contributed by atoms with Gasteiger partial charge in [-0.1, -0.05) is 12.1 Å². The molecular weight excluding hydrogens is 422 g/mol. The smallest absolute Gasteiger partial charge is 0.342 e. The van der Waals surface area contributed by atoms with Crippen molar-refractivity contribution >= 4 is 27.0 Å². The molecule has 31 heavy (non-hydrogen) atoms. The first-order valence-corrected chi connectivity index (χ1v) is 11.4. The Morgan fingerprint density at radius 2 is 1.94 bits per heavy atom. The molecule has 1 fully saturated rings. The van der Waals surface area contributed by atoms with Crippen molar-refractivity contribution in [3.05, 3.63) is 53.9 Å². The zero-order valence-electron chi connectivity index (χ0n) is 17.0. The highest BCUT2D eigenvalue weighted by atomic mass is 32.2. The second kappa shape index (κ2) is 8.66. The fourth-order valence-electron chi connectivity index (χ4n) is 3.57. The molecule has 0 bridgehead atoms. The van der Waals surface area contributed by atoms with Crippen molar-refractivity contribution < 1.29 is 27.8 Å². The quantitative estimate of drug-likeness (QED) is 0.579. The van der Waals surface area contributed by atoms with Crippen LogP contribution in [0, 0.1) is 0 Å². The standard InChI is InChI=1S/C21H23N3O6S/c1-2-24-18-8-7-15(31(27,28)23-9-11-29-12-10-23)13-17(18)22-20(24)14-30-21(26)16-5-3-4-6-19(16)25/h3-8,13,25H,2,9-12,14H2,1H3. The van der Waals surface area contributed by atoms with E-state index < -0.39 is 16.0 Å². The molecule has 0 spiro atoms. The molecule has 2 heterocycles. The Morgan fingerprint density at radius 1 is 1.19 bits per heavy atom. The average Bonchev–Trinajstić information content (AvgIpc) is 3.15. The van der Waals surface area contributed by atoms with Gasteiger partial charge in [0.15, 0.2) is 0 Å². The summed E-state index contributed by atoms with van der Waals surface area (Å²) in [6, 6.07) is 11.0. The number of aryl methyl sites for hydroxylation is 1. The van der Waals surface area contributed by atoms with Gasteiger partial charge in [-0.25, -0.2) is 18.2 Å². The highest BCUT2D eigenvalue weighted by Gasteiger charge is 2.27. The van der Waals surface area contributed by atoms with E-state index in [1.54, 1.807) is 30.3 Å². The molecule has 1 aromatic heterocycles. The Balaban J connectivity index is 1.60. The van der Waals surface area contributed by atoms with Gasteiger partial charge in [-0.3, -0.25) is 0 Å². The van der Waals surface area contributed by atoms with Crippen LogP contribution < -0.4 is 0 Å². The zero-order chi connectivity index (χ0) is 22.0. The average molecular weight is 445 g/mol. The van der Waals surface area contributed by atoms with Gasteiger partial charge in [0, 0.05) is 19.6 Å². The molecule has 0 amide bonds. The lowest BCUT2D eigenvalue weighted by Crippen LogP contribution is -2.40. The Kier molecular flexibility index (Phi) is 5.94. The summed E-state index contributed by atoms with van der Waals surface area (Å²) >= 11 is 0. The van der Waals surface area contributed by atoms with Gasteiger partial charge in [-0.15, -0.1) is 0 Å². The van der Waals surface area contributed by atoms with Crippen molar-refractivity contribution in [1.82, 2.24) is 13.9 Å². The van der Waals surface area contributed by atoms with Crippen LogP contribution in [-0.2, 0) is 32.6 Å². The molecule has 1 aliphatic heterocycles. The second-order valence-electron chi connectivity index (χ2n) is 7.03. The number of aromatic hydroxyl groups is 1. The lowest BCUT2D eigenvalue weighted by molar-refractivity contribution is 0.0455. The van der Waals surface area contributed by atoms with E-state index in [0.717, 1.165) is 5.52 Å². The fourth-order valence-corrected chi connectivity index (χ4v) is 5.00. The van der Waals surface area contributed by atoms with Crippen LogP contribution in [0.2, 0.25) is 0 Å². The predicted molar refractivity (Wildman–Crippen MR) is 112 cm³/mol. The predicted octanol–water partition coefficient (Wildman–Crippen LogP) is 2.14. The van der Waals surface area contributed by atoms with Gasteiger partial charge in [0.1, 0.15) is 23.7 Å². The minimum atomic E-state index is -3.64. The Labute approximate surface area is 179 Å². The van der Waals surface area contributed by atoms with E-state index in [9.17, 15) is 18.3 Å². The molecule has 0 unspecified atom stereocenters. The molecule has 1 N–H and O–H groups in total. The monoisotopic (exact) mass is 445 g/mol. The first-order chi connectivity index (χ1) is 14.9. The van der Waals surface area contributed by atoms with E-state index in [1.807, 2.05) is 11.5 Å². The van der Waals surface area contributed by atoms with E-state index >= 15 is 0 Å². The number of hydrogen-bond donors (Lipinski definition) is 1. The minimum absolute atomic E-state index is 0.0700. The van der Waals surface area contributed by atoms with Crippen LogP contribution in [0.4, 0.5) is 0 Å². The van der Waals surface area contributed by atoms with E-state index in [4.69, 9.17) is 9.47 Å². The summed E-state index contributed by atoms with van der Waals surface area (Å²) in [5.41, 5.74) is 1.32. The van der Waals surface area contributed by atoms with Gasteiger partial charge in [0.2, 0.25) is 10.0 Å². The molecule has 0 atom stereocenters. The van der Waals surface area contributed by atoms with Gasteiger partial charge in [-0.05, 0) is 37.3 Å². The first kappa shape index (κ1) is 21.3. The van der Waals surface area contributed by atoms with Gasteiger partial charge in [-0.2, -0.15) is 4.31 Å². The Morgan fingerprint density at radius 3 is 2.65 bits per heavy atom. The van der Waals surface area contributed by atoms with Gasteiger partial charge >= 0.3 is 5.97 Å². The van der Waals surface area contributed by atoms with E-state index in [2.05, 4.69) is 4.98 Å². The van der Waals surface area contributed by atoms with Crippen molar-refractivity contribution in [2.24, 2.45) is 0 Å². The van der Waals surface area contributed by atoms with Crippen molar-refractivity contribution in [3.8, 4) is 5.75 Å². The van der Waals surface area contributed by atoms with Crippen molar-refractivity contribution in [2.45, 2.75) is 25.0 Å². The van der Waals surface area contributed by atoms with Crippen molar-refractivity contribution in [2.75, 3.05) is 26.3 Å². The SMILES string of the molecule is CCn1c(COC(=O)c2ccccc2O)nc2cc(S(=O)(=O)N3CCOCC3)ccc21. The molecule has 164 valence electrons. The summed E-state index contributed by atoms with van der Waals surface area (Å²) in [5.74, 6) is -0.333. The van der Waals surface area contributed by atoms with E-state index in [1.165, 1.54) is 16.4 Å². The van der Waals surface area contributed by atoms with E-state index in [-0.39, 0.29) is 22.8 Å². The largest absolute Gasteiger partial charge is 0.507 e. The molecule has 3 aromatic rings. The third-order valence-electron chi connectivity index (χ3n) is 5.18. The van der Waals surface area contributed by atoms with Gasteiger partial charge < -0.3 is 19.1 Å². The number of aromatic nitrogens is 2. The third-order valence-corrected chi connectivity index (χ3v) is 7.07. The highest BCUT2D eigenvalue weighted by Crippen LogP contribution is 2.24. The number of rotatable bonds is 6. The number of phenolic OH excluding ortho intramolecular Hbond substituents is 1. The number of para-hydroxylation sites is 1. The summed E-state index contributed by atoms with van der Waals surface area (Å²) in [6.07, 6.45) is 0. The molecular formula is C21H23N3O6S. The molecule has 9 nitrogen and oxygen atoms in total. The number of morpholine rings is 1. The van der Waals surface area contributed by atoms with Crippen molar-refractivity contribution in [3.63, 3.8) is 0 Å². The molecule has 4 rings (SSSR count). The van der Waals surface area contributed by atoms with Crippen LogP contribution in [-0.4, -0.2) is 59.7 Å². The van der Waals surface area contributed by atoms with Gasteiger partial charge in [0.25, 0.3) is 0 Å². The number of imidazole rings is 1. The summed E-state index contributed by atoms with van der Waals surface area (Å²) in [7, 11) is -3.64. The summed E-state index contributed by atoms with van der Waals surface area (Å²) in [6.45, 7) is 3.76. The van der Waals surface area contributed by atoms with Crippen LogP contribution in [0.15, 0.2) is 47.4 Å². The molecule has 1 saturated heterocycles. The molecule has 10 heteroatoms. The molecule has 0 aliphatic carbocycles. The highest BCUT2D eigenvalue weighted by molar-refractivity contribution is 7.89. The summed E-state index contributed by atoms with van der Waals surface area (Å²) < 4.78 is 39.7. The van der Waals surface area contributed by atoms with Crippen LogP contribution in [0.25, 0.3) is 11.0 Å². The third kappa shape index (κ3) is 4.14. The van der Waals surface area contributed by atoms with Crippen LogP contribution >= 0.6 is 0 Å². The zero-order valence-corrected chi connectivity index (χ0v) is 17.8. The Bertz CT molecular complexity index is 1220. The van der Waals surface area contributed by atoms with Crippen LogP contribution in [0.1, 0.15) is 23.1 Å². The van der Waals surface area contributed by atoms with E-state index in [0.29, 0.717) is 44.2 Å². The Hall–Kier alpha value is -2.95. The topological polar surface area (TPSA) is 111 Å². The number of carbonyl (C=O) groups is 1. The number of sulfonamides is 1. The van der Waals surface area contributed by atoms with Gasteiger partial charge in [0.05, 0.1) is 29.1 Å². The maximum atomic E-state index is 12.9. The summed E-state index contributed by atoms with van der Waals surface area (Å²) in [4.78, 5) is 17.0. The van der Waals surface area contributed by atoms with Crippen LogP contribution in [0.5, 0.6) is 5.75 Å². The van der Waals surface area contributed by atoms with Crippen molar-refractivity contribution in [1.29, 1.82) is 0 Å². The maximum Gasteiger partial charge on any atom is 0.342 e. The van der Waals surface area contributed by atoms with Crippen LogP contribution in [0.3, 0.4) is 0 Å². The number of fused-ring (bicyclic) bond motifs is 1. The number of hydrogen-bond acceptors (Lipinski definition) is 7. The molecule has 0 radical (unpaired) electrons. The maximum absolute atomic E-state index is 12.9. The first-order valence-electron chi connectivity index (χ1n) is 9.94.